The Kier molecular flexibility index (Phi) is 5.20. The molecule has 0 aromatic heterocycles. The SMILES string of the molecule is COC(=O)[C@@H](C)[C@@H](O[Si](C)(C)C)C(C)(C)C. The van der Waals surface area contributed by atoms with Gasteiger partial charge in [-0.15, -0.1) is 0 Å². The highest BCUT2D eigenvalue weighted by Crippen LogP contribution is 2.31. The van der Waals surface area contributed by atoms with E-state index in [-0.39, 0.29) is 23.4 Å². The van der Waals surface area contributed by atoms with Gasteiger partial charge in [0.15, 0.2) is 8.32 Å². The van der Waals surface area contributed by atoms with Crippen LogP contribution >= 0.6 is 0 Å². The number of hydrogen-bond donors (Lipinski definition) is 0. The average molecular weight is 246 g/mol. The van der Waals surface area contributed by atoms with Gasteiger partial charge in [0.25, 0.3) is 0 Å². The molecule has 4 heteroatoms. The minimum Gasteiger partial charge on any atom is -0.469 e. The largest absolute Gasteiger partial charge is 0.469 e. The van der Waals surface area contributed by atoms with Gasteiger partial charge in [0.2, 0.25) is 0 Å². The number of carbonyl (C=O) groups excluding carboxylic acids is 1. The molecule has 96 valence electrons. The van der Waals surface area contributed by atoms with E-state index in [4.69, 9.17) is 9.16 Å². The van der Waals surface area contributed by atoms with E-state index in [9.17, 15) is 4.79 Å². The Morgan fingerprint density at radius 1 is 1.19 bits per heavy atom. The molecule has 0 aromatic rings. The minimum absolute atomic E-state index is 0.0616. The number of carbonyl (C=O) groups is 1. The number of hydrogen-bond acceptors (Lipinski definition) is 3. The van der Waals surface area contributed by atoms with Crippen molar-refractivity contribution in [2.75, 3.05) is 7.11 Å². The summed E-state index contributed by atoms with van der Waals surface area (Å²) in [4.78, 5) is 11.6. The Morgan fingerprint density at radius 2 is 1.62 bits per heavy atom. The maximum absolute atomic E-state index is 11.6. The highest BCUT2D eigenvalue weighted by atomic mass is 28.4. The van der Waals surface area contributed by atoms with Crippen molar-refractivity contribution >= 4 is 14.3 Å². The van der Waals surface area contributed by atoms with Crippen LogP contribution in [0.5, 0.6) is 0 Å². The molecule has 2 atom stereocenters. The zero-order valence-electron chi connectivity index (χ0n) is 11.9. The first-order valence-electron chi connectivity index (χ1n) is 5.74. The molecule has 0 amide bonds. The molecule has 0 aromatic carbocycles. The normalized spacial score (nSPS) is 16.8. The molecule has 0 bridgehead atoms. The van der Waals surface area contributed by atoms with Gasteiger partial charge in [-0.25, -0.2) is 0 Å². The summed E-state index contributed by atoms with van der Waals surface area (Å²) in [7, 11) is -0.236. The molecular formula is C12H26O3Si. The summed E-state index contributed by atoms with van der Waals surface area (Å²) in [5, 5.41) is 0. The number of ether oxygens (including phenoxy) is 1. The van der Waals surface area contributed by atoms with Crippen LogP contribution in [-0.4, -0.2) is 27.5 Å². The van der Waals surface area contributed by atoms with E-state index in [0.29, 0.717) is 0 Å². The molecule has 0 aliphatic rings. The first kappa shape index (κ1) is 15.6. The van der Waals surface area contributed by atoms with Crippen LogP contribution in [0.1, 0.15) is 27.7 Å². The zero-order chi connectivity index (χ0) is 13.1. The zero-order valence-corrected chi connectivity index (χ0v) is 12.9. The van der Waals surface area contributed by atoms with Gasteiger partial charge in [0.05, 0.1) is 19.1 Å². The van der Waals surface area contributed by atoms with Crippen LogP contribution in [0.4, 0.5) is 0 Å². The fraction of sp³-hybridized carbons (Fsp3) is 0.917. The van der Waals surface area contributed by atoms with Crippen molar-refractivity contribution in [3.8, 4) is 0 Å². The second kappa shape index (κ2) is 5.32. The molecule has 3 nitrogen and oxygen atoms in total. The molecule has 0 rings (SSSR count). The van der Waals surface area contributed by atoms with Crippen LogP contribution in [0.2, 0.25) is 19.6 Å². The van der Waals surface area contributed by atoms with Crippen molar-refractivity contribution < 1.29 is 14.0 Å². The molecule has 0 aliphatic carbocycles. The highest BCUT2D eigenvalue weighted by molar-refractivity contribution is 6.69. The number of rotatable bonds is 4. The van der Waals surface area contributed by atoms with E-state index in [1.807, 2.05) is 6.92 Å². The molecule has 0 saturated heterocycles. The summed E-state index contributed by atoms with van der Waals surface area (Å²) in [5.74, 6) is -0.421. The summed E-state index contributed by atoms with van der Waals surface area (Å²) in [6.45, 7) is 14.6. The van der Waals surface area contributed by atoms with E-state index in [0.717, 1.165) is 0 Å². The van der Waals surface area contributed by atoms with Crippen molar-refractivity contribution in [3.63, 3.8) is 0 Å². The van der Waals surface area contributed by atoms with Crippen LogP contribution < -0.4 is 0 Å². The molecule has 0 spiro atoms. The Bertz CT molecular complexity index is 238. The highest BCUT2D eigenvalue weighted by Gasteiger charge is 2.38. The second-order valence-corrected chi connectivity index (χ2v) is 10.8. The molecule has 0 aliphatic heterocycles. The van der Waals surface area contributed by atoms with Gasteiger partial charge < -0.3 is 9.16 Å². The van der Waals surface area contributed by atoms with Crippen molar-refractivity contribution in [1.82, 2.24) is 0 Å². The van der Waals surface area contributed by atoms with Gasteiger partial charge in [0, 0.05) is 0 Å². The summed E-state index contributed by atoms with van der Waals surface area (Å²) in [5.41, 5.74) is -0.0616. The van der Waals surface area contributed by atoms with E-state index >= 15 is 0 Å². The summed E-state index contributed by atoms with van der Waals surface area (Å²) < 4.78 is 10.9. The Labute approximate surface area is 101 Å². The predicted octanol–water partition coefficient (Wildman–Crippen LogP) is 3.06. The van der Waals surface area contributed by atoms with Gasteiger partial charge in [-0.2, -0.15) is 0 Å². The lowest BCUT2D eigenvalue weighted by Gasteiger charge is -2.38. The molecule has 0 unspecified atom stereocenters. The first-order chi connectivity index (χ1) is 6.99. The van der Waals surface area contributed by atoms with Crippen molar-refractivity contribution in [1.29, 1.82) is 0 Å². The molecule has 0 radical (unpaired) electrons. The molecule has 16 heavy (non-hydrogen) atoms. The van der Waals surface area contributed by atoms with Gasteiger partial charge >= 0.3 is 5.97 Å². The third-order valence-corrected chi connectivity index (χ3v) is 3.32. The standard InChI is InChI=1S/C12H26O3Si/c1-9(11(13)14-5)10(12(2,3)4)15-16(6,7)8/h9-10H,1-8H3/t9-,10+/m0/s1. The Morgan fingerprint density at radius 3 is 1.88 bits per heavy atom. The second-order valence-electron chi connectivity index (χ2n) is 6.33. The molecule has 0 heterocycles. The fourth-order valence-electron chi connectivity index (χ4n) is 1.72. The monoisotopic (exact) mass is 246 g/mol. The fourth-order valence-corrected chi connectivity index (χ4v) is 3.04. The van der Waals surface area contributed by atoms with Gasteiger partial charge in [-0.1, -0.05) is 20.8 Å². The maximum Gasteiger partial charge on any atom is 0.310 e. The summed E-state index contributed by atoms with van der Waals surface area (Å²) in [6.07, 6.45) is -0.0911. The lowest BCUT2D eigenvalue weighted by molar-refractivity contribution is -0.150. The van der Waals surface area contributed by atoms with E-state index in [1.165, 1.54) is 7.11 Å². The molecule has 0 fully saturated rings. The van der Waals surface area contributed by atoms with Crippen molar-refractivity contribution in [2.24, 2.45) is 11.3 Å². The van der Waals surface area contributed by atoms with Crippen LogP contribution in [0.15, 0.2) is 0 Å². The van der Waals surface area contributed by atoms with Gasteiger partial charge in [-0.3, -0.25) is 4.79 Å². The van der Waals surface area contributed by atoms with E-state index in [2.05, 4.69) is 40.4 Å². The van der Waals surface area contributed by atoms with Crippen LogP contribution in [0.3, 0.4) is 0 Å². The van der Waals surface area contributed by atoms with Crippen molar-refractivity contribution in [3.05, 3.63) is 0 Å². The summed E-state index contributed by atoms with van der Waals surface area (Å²) >= 11 is 0. The third kappa shape index (κ3) is 5.12. The van der Waals surface area contributed by atoms with Crippen LogP contribution in [0, 0.1) is 11.3 Å². The number of esters is 1. The quantitative estimate of drug-likeness (QED) is 0.565. The lowest BCUT2D eigenvalue weighted by atomic mass is 9.82. The predicted molar refractivity (Wildman–Crippen MR) is 68.9 cm³/mol. The lowest BCUT2D eigenvalue weighted by Crippen LogP contribution is -2.45. The third-order valence-electron chi connectivity index (χ3n) is 2.36. The van der Waals surface area contributed by atoms with Gasteiger partial charge in [0.1, 0.15) is 0 Å². The smallest absolute Gasteiger partial charge is 0.310 e. The van der Waals surface area contributed by atoms with E-state index < -0.39 is 8.32 Å². The Balaban J connectivity index is 4.89. The summed E-state index contributed by atoms with van der Waals surface area (Å²) in [6, 6.07) is 0. The van der Waals surface area contributed by atoms with E-state index in [1.54, 1.807) is 0 Å². The average Bonchev–Trinajstić information content (AvgIpc) is 2.08. The molecular weight excluding hydrogens is 220 g/mol. The van der Waals surface area contributed by atoms with Crippen LogP contribution in [-0.2, 0) is 14.0 Å². The maximum atomic E-state index is 11.6. The number of methoxy groups -OCH3 is 1. The van der Waals surface area contributed by atoms with Crippen molar-refractivity contribution in [2.45, 2.75) is 53.4 Å². The van der Waals surface area contributed by atoms with Gasteiger partial charge in [-0.05, 0) is 32.0 Å². The minimum atomic E-state index is -1.66. The molecule has 0 N–H and O–H groups in total. The first-order valence-corrected chi connectivity index (χ1v) is 9.15. The topological polar surface area (TPSA) is 35.5 Å². The van der Waals surface area contributed by atoms with Crippen LogP contribution in [0.25, 0.3) is 0 Å². The Hall–Kier alpha value is -0.353. The molecule has 0 saturated carbocycles.